The van der Waals surface area contributed by atoms with Gasteiger partial charge in [0.2, 0.25) is 11.8 Å². The van der Waals surface area contributed by atoms with Gasteiger partial charge >= 0.3 is 11.9 Å². The molecule has 1 aliphatic rings. The molecule has 0 aliphatic carbocycles. The Bertz CT molecular complexity index is 1500. The average Bonchev–Trinajstić information content (AvgIpc) is 3.62. The molecule has 12 heteroatoms. The third kappa shape index (κ3) is 13.0. The summed E-state index contributed by atoms with van der Waals surface area (Å²) >= 11 is 1.25. The molecule has 2 aromatic rings. The van der Waals surface area contributed by atoms with E-state index in [9.17, 15) is 24.0 Å². The second-order valence-corrected chi connectivity index (χ2v) is 16.0. The lowest BCUT2D eigenvalue weighted by atomic mass is 9.86. The van der Waals surface area contributed by atoms with Gasteiger partial charge in [-0.2, -0.15) is 0 Å². The second kappa shape index (κ2) is 21.3. The number of hydrogen-bond donors (Lipinski definition) is 1. The number of likely N-dealkylation sites (tertiary alicyclic amines) is 1. The summed E-state index contributed by atoms with van der Waals surface area (Å²) in [5, 5.41) is 5.27. The minimum Gasteiger partial charge on any atom is -0.466 e. The number of ether oxygens (including phenoxy) is 2. The van der Waals surface area contributed by atoms with Gasteiger partial charge in [-0.05, 0) is 69.5 Å². The molecule has 11 nitrogen and oxygen atoms in total. The molecule has 0 unspecified atom stereocenters. The number of benzene rings is 1. The van der Waals surface area contributed by atoms with Crippen molar-refractivity contribution in [2.75, 3.05) is 27.2 Å². The van der Waals surface area contributed by atoms with Crippen LogP contribution < -0.4 is 5.32 Å². The minimum absolute atomic E-state index is 0.0269. The van der Waals surface area contributed by atoms with E-state index in [-0.39, 0.29) is 77.9 Å². The highest BCUT2D eigenvalue weighted by Crippen LogP contribution is 2.32. The molecule has 7 atom stereocenters. The van der Waals surface area contributed by atoms with Crippen LogP contribution in [0.25, 0.3) is 0 Å². The molecule has 0 bridgehead atoms. The number of hydrogen-bond acceptors (Lipinski definition) is 10. The summed E-state index contributed by atoms with van der Waals surface area (Å²) in [6, 6.07) is 8.54. The number of amides is 2. The van der Waals surface area contributed by atoms with Gasteiger partial charge in [-0.1, -0.05) is 77.8 Å². The molecule has 1 saturated heterocycles. The van der Waals surface area contributed by atoms with Crippen LogP contribution >= 0.6 is 11.3 Å². The molecule has 3 rings (SSSR count). The highest BCUT2D eigenvalue weighted by molar-refractivity contribution is 7.09. The van der Waals surface area contributed by atoms with Crippen molar-refractivity contribution in [2.45, 2.75) is 124 Å². The van der Waals surface area contributed by atoms with Gasteiger partial charge in [-0.25, -0.2) is 4.98 Å². The van der Waals surface area contributed by atoms with E-state index in [4.69, 9.17) is 14.5 Å². The molecule has 0 spiro atoms. The number of rotatable bonds is 20. The molecule has 1 aromatic carbocycles. The van der Waals surface area contributed by atoms with E-state index in [0.717, 1.165) is 31.4 Å². The van der Waals surface area contributed by atoms with E-state index in [1.165, 1.54) is 18.3 Å². The van der Waals surface area contributed by atoms with Crippen molar-refractivity contribution < 1.29 is 33.4 Å². The van der Waals surface area contributed by atoms with Crippen LogP contribution in [0.5, 0.6) is 0 Å². The summed E-state index contributed by atoms with van der Waals surface area (Å²) in [5.74, 6) is -1.87. The van der Waals surface area contributed by atoms with Crippen molar-refractivity contribution in [3.63, 3.8) is 0 Å². The molecule has 0 radical (unpaired) electrons. The Morgan fingerprint density at radius 2 is 1.74 bits per heavy atom. The van der Waals surface area contributed by atoms with Crippen LogP contribution in [0.4, 0.5) is 0 Å². The number of piperidine rings is 1. The number of nitrogens with one attached hydrogen (secondary N) is 1. The van der Waals surface area contributed by atoms with Gasteiger partial charge in [0.1, 0.15) is 16.7 Å². The van der Waals surface area contributed by atoms with Crippen LogP contribution in [0.3, 0.4) is 0 Å². The summed E-state index contributed by atoms with van der Waals surface area (Å²) in [7, 11) is 3.69. The Kier molecular flexibility index (Phi) is 17.6. The van der Waals surface area contributed by atoms with Crippen LogP contribution in [-0.4, -0.2) is 89.7 Å². The normalized spacial score (nSPS) is 18.3. The molecule has 2 heterocycles. The third-order valence-electron chi connectivity index (χ3n) is 10.5. The Morgan fingerprint density at radius 3 is 2.34 bits per heavy atom. The first-order chi connectivity index (χ1) is 25.2. The Labute approximate surface area is 320 Å². The number of aromatic nitrogens is 1. The SMILES string of the molecule is CCOC(=O)[C@@H](C)C[C@@H](CC(=O)c1csc([C@@H](C[C@H](C(C)C)N(C)C(=O)[C@@H](NC(=O)[C@H]2CCCCN2C)[C@@H](C)CC)OC(C)=O)n1)Cc1ccccc1. The van der Waals surface area contributed by atoms with E-state index in [0.29, 0.717) is 30.9 Å². The lowest BCUT2D eigenvalue weighted by Gasteiger charge is -2.38. The summed E-state index contributed by atoms with van der Waals surface area (Å²) in [5.41, 5.74) is 1.35. The molecule has 53 heavy (non-hydrogen) atoms. The standard InChI is InChI=1S/C41H62N4O7S/c1-10-27(5)37(43-38(48)33-19-15-16-20-44(33)8)40(49)45(9)34(26(3)4)24-36(52-29(7)46)39-42-32(25-53-39)35(47)23-31(21-28(6)41(50)51-11-2)22-30-17-13-12-14-18-30/h12-14,17-18,25-28,31,33-34,36-37H,10-11,15-16,19-24H2,1-9H3,(H,43,48)/t27-,28-,31+,33+,34+,36+,37-/m0/s1. The van der Waals surface area contributed by atoms with E-state index >= 15 is 0 Å². The van der Waals surface area contributed by atoms with Gasteiger partial charge in [0.05, 0.1) is 18.6 Å². The van der Waals surface area contributed by atoms with E-state index in [2.05, 4.69) is 10.2 Å². The Morgan fingerprint density at radius 1 is 1.04 bits per heavy atom. The Balaban J connectivity index is 1.81. The number of thiazole rings is 1. The molecular weight excluding hydrogens is 693 g/mol. The van der Waals surface area contributed by atoms with Gasteiger partial charge < -0.3 is 19.7 Å². The maximum Gasteiger partial charge on any atom is 0.308 e. The quantitative estimate of drug-likeness (QED) is 0.116. The molecule has 2 amide bonds. The number of Topliss-reactive ketones (excluding diaryl/α,β-unsaturated/α-hetero) is 1. The fourth-order valence-corrected chi connectivity index (χ4v) is 8.08. The average molecular weight is 755 g/mol. The maximum absolute atomic E-state index is 14.2. The van der Waals surface area contributed by atoms with Gasteiger partial charge in [0, 0.05) is 38.2 Å². The van der Waals surface area contributed by atoms with Crippen LogP contribution in [0.15, 0.2) is 35.7 Å². The van der Waals surface area contributed by atoms with Crippen molar-refractivity contribution in [1.29, 1.82) is 0 Å². The van der Waals surface area contributed by atoms with Gasteiger partial charge in [0.15, 0.2) is 11.9 Å². The van der Waals surface area contributed by atoms with Crippen molar-refractivity contribution in [3.05, 3.63) is 52.0 Å². The third-order valence-corrected chi connectivity index (χ3v) is 11.5. The predicted molar refractivity (Wildman–Crippen MR) is 207 cm³/mol. The molecular formula is C41H62N4O7S. The smallest absolute Gasteiger partial charge is 0.308 e. The van der Waals surface area contributed by atoms with Gasteiger partial charge in [0.25, 0.3) is 0 Å². The summed E-state index contributed by atoms with van der Waals surface area (Å²) in [4.78, 5) is 74.7. The molecule has 1 fully saturated rings. The zero-order valence-electron chi connectivity index (χ0n) is 33.3. The largest absolute Gasteiger partial charge is 0.466 e. The Hall–Kier alpha value is -3.64. The maximum atomic E-state index is 14.2. The summed E-state index contributed by atoms with van der Waals surface area (Å²) in [6.07, 6.45) is 4.26. The number of ketones is 1. The van der Waals surface area contributed by atoms with E-state index in [1.807, 2.05) is 72.0 Å². The van der Waals surface area contributed by atoms with E-state index in [1.54, 1.807) is 24.3 Å². The molecule has 1 N–H and O–H groups in total. The first-order valence-corrected chi connectivity index (χ1v) is 20.2. The fraction of sp³-hybridized carbons (Fsp3) is 0.659. The van der Waals surface area contributed by atoms with Crippen LogP contribution in [-0.2, 0) is 35.1 Å². The highest BCUT2D eigenvalue weighted by Gasteiger charge is 2.37. The zero-order chi connectivity index (χ0) is 39.2. The molecule has 1 aromatic heterocycles. The van der Waals surface area contributed by atoms with Gasteiger partial charge in [-0.3, -0.25) is 28.9 Å². The highest BCUT2D eigenvalue weighted by atomic mass is 32.1. The zero-order valence-corrected chi connectivity index (χ0v) is 34.1. The molecule has 1 aliphatic heterocycles. The molecule has 0 saturated carbocycles. The predicted octanol–water partition coefficient (Wildman–Crippen LogP) is 6.66. The van der Waals surface area contributed by atoms with Crippen molar-refractivity contribution in [3.8, 4) is 0 Å². The van der Waals surface area contributed by atoms with Crippen LogP contribution in [0.1, 0.15) is 121 Å². The number of nitrogens with zero attached hydrogens (tertiary/aromatic N) is 3. The number of carbonyl (C=O) groups excluding carboxylic acids is 5. The van der Waals surface area contributed by atoms with Crippen molar-refractivity contribution in [1.82, 2.24) is 20.1 Å². The topological polar surface area (TPSA) is 135 Å². The second-order valence-electron chi connectivity index (χ2n) is 15.1. The monoisotopic (exact) mass is 754 g/mol. The summed E-state index contributed by atoms with van der Waals surface area (Å²) in [6.45, 7) is 14.1. The van der Waals surface area contributed by atoms with Crippen LogP contribution in [0, 0.1) is 23.7 Å². The van der Waals surface area contributed by atoms with E-state index < -0.39 is 18.1 Å². The number of carbonyl (C=O) groups is 5. The lowest BCUT2D eigenvalue weighted by molar-refractivity contribution is -0.149. The fourth-order valence-electron chi connectivity index (χ4n) is 7.22. The summed E-state index contributed by atoms with van der Waals surface area (Å²) < 4.78 is 11.1. The van der Waals surface area contributed by atoms with Crippen LogP contribution in [0.2, 0.25) is 0 Å². The van der Waals surface area contributed by atoms with Crippen molar-refractivity contribution >= 4 is 40.9 Å². The lowest BCUT2D eigenvalue weighted by Crippen LogP contribution is -2.58. The first-order valence-electron chi connectivity index (χ1n) is 19.3. The first kappa shape index (κ1) is 43.8. The van der Waals surface area contributed by atoms with Gasteiger partial charge in [-0.15, -0.1) is 11.3 Å². The number of esters is 2. The number of likely N-dealkylation sites (N-methyl/N-ethyl adjacent to an activating group) is 2. The van der Waals surface area contributed by atoms with Crippen molar-refractivity contribution in [2.24, 2.45) is 23.7 Å². The minimum atomic E-state index is -0.793. The molecule has 294 valence electrons.